The summed E-state index contributed by atoms with van der Waals surface area (Å²) in [4.78, 5) is 2.11. The van der Waals surface area contributed by atoms with Crippen LogP contribution in [0.3, 0.4) is 0 Å². The molecule has 0 aromatic heterocycles. The van der Waals surface area contributed by atoms with Gasteiger partial charge in [0.2, 0.25) is 0 Å². The van der Waals surface area contributed by atoms with E-state index in [-0.39, 0.29) is 11.5 Å². The first-order valence-electron chi connectivity index (χ1n) is 5.85. The lowest BCUT2D eigenvalue weighted by atomic mass is 10.1. The van der Waals surface area contributed by atoms with Crippen molar-refractivity contribution in [2.24, 2.45) is 0 Å². The van der Waals surface area contributed by atoms with Crippen molar-refractivity contribution in [3.8, 4) is 5.75 Å². The molecule has 0 radical (unpaired) electrons. The lowest BCUT2D eigenvalue weighted by molar-refractivity contribution is 0.288. The summed E-state index contributed by atoms with van der Waals surface area (Å²) < 4.78 is 27.8. The summed E-state index contributed by atoms with van der Waals surface area (Å²) in [6.45, 7) is 1.84. The van der Waals surface area contributed by atoms with Crippen molar-refractivity contribution >= 4 is 15.5 Å². The number of nitrogens with two attached hydrogens (primary N) is 1. The second-order valence-electron chi connectivity index (χ2n) is 4.49. The molecule has 1 aliphatic rings. The van der Waals surface area contributed by atoms with Crippen molar-refractivity contribution in [1.82, 2.24) is 4.90 Å². The number of hydrogen-bond acceptors (Lipinski definition) is 5. The van der Waals surface area contributed by atoms with Gasteiger partial charge in [-0.15, -0.1) is 0 Å². The van der Waals surface area contributed by atoms with Crippen LogP contribution in [0.1, 0.15) is 5.56 Å². The molecule has 0 bridgehead atoms. The summed E-state index contributed by atoms with van der Waals surface area (Å²) in [7, 11) is -1.22. The van der Waals surface area contributed by atoms with Crippen molar-refractivity contribution in [3.05, 3.63) is 23.8 Å². The number of hydrogen-bond donors (Lipinski definition) is 1. The highest BCUT2D eigenvalue weighted by atomic mass is 32.2. The fourth-order valence-electron chi connectivity index (χ4n) is 1.99. The predicted octanol–water partition coefficient (Wildman–Crippen LogP) is 0.508. The molecule has 1 aliphatic heterocycles. The van der Waals surface area contributed by atoms with Gasteiger partial charge in [0.1, 0.15) is 5.75 Å². The molecule has 2 rings (SSSR count). The summed E-state index contributed by atoms with van der Waals surface area (Å²) >= 11 is 0. The minimum atomic E-state index is -2.82. The number of nitrogens with zero attached hydrogens (tertiary/aromatic N) is 1. The lowest BCUT2D eigenvalue weighted by Crippen LogP contribution is -2.39. The Kier molecular flexibility index (Phi) is 3.77. The number of ether oxygens (including phenoxy) is 1. The zero-order valence-electron chi connectivity index (χ0n) is 10.4. The smallest absolute Gasteiger partial charge is 0.152 e. The summed E-state index contributed by atoms with van der Waals surface area (Å²) in [6, 6.07) is 5.58. The largest absolute Gasteiger partial charge is 0.497 e. The summed E-state index contributed by atoms with van der Waals surface area (Å²) in [5, 5.41) is 0. The van der Waals surface area contributed by atoms with Gasteiger partial charge in [-0.1, -0.05) is 6.07 Å². The van der Waals surface area contributed by atoms with Crippen LogP contribution in [0.5, 0.6) is 5.75 Å². The number of nitrogen functional groups attached to an aromatic ring is 1. The van der Waals surface area contributed by atoms with E-state index in [1.54, 1.807) is 13.2 Å². The van der Waals surface area contributed by atoms with E-state index in [4.69, 9.17) is 10.5 Å². The number of methoxy groups -OCH3 is 1. The first-order valence-corrected chi connectivity index (χ1v) is 7.67. The molecule has 1 saturated heterocycles. The Morgan fingerprint density at radius 1 is 1.33 bits per heavy atom. The molecule has 1 aromatic carbocycles. The van der Waals surface area contributed by atoms with E-state index in [0.717, 1.165) is 11.3 Å². The van der Waals surface area contributed by atoms with E-state index >= 15 is 0 Å². The third-order valence-corrected chi connectivity index (χ3v) is 4.79. The van der Waals surface area contributed by atoms with E-state index in [1.165, 1.54) is 0 Å². The Hall–Kier alpha value is -1.27. The molecule has 1 heterocycles. The normalized spacial score (nSPS) is 19.6. The van der Waals surface area contributed by atoms with Crippen molar-refractivity contribution < 1.29 is 13.2 Å². The fourth-order valence-corrected chi connectivity index (χ4v) is 3.27. The van der Waals surface area contributed by atoms with Gasteiger partial charge in [0.05, 0.1) is 18.6 Å². The number of rotatable bonds is 3. The molecule has 0 amide bonds. The maximum Gasteiger partial charge on any atom is 0.152 e. The first kappa shape index (κ1) is 13.2. The predicted molar refractivity (Wildman–Crippen MR) is 71.3 cm³/mol. The van der Waals surface area contributed by atoms with Crippen LogP contribution in [0.4, 0.5) is 5.69 Å². The summed E-state index contributed by atoms with van der Waals surface area (Å²) in [6.07, 6.45) is 0. The SMILES string of the molecule is COc1ccc(CN2CCS(=O)(=O)CC2)c(N)c1. The average molecular weight is 270 g/mol. The van der Waals surface area contributed by atoms with Crippen LogP contribution in [0.15, 0.2) is 18.2 Å². The highest BCUT2D eigenvalue weighted by molar-refractivity contribution is 7.91. The maximum atomic E-state index is 11.3. The topological polar surface area (TPSA) is 72.6 Å². The third-order valence-electron chi connectivity index (χ3n) is 3.18. The molecule has 5 nitrogen and oxygen atoms in total. The third kappa shape index (κ3) is 3.14. The van der Waals surface area contributed by atoms with Crippen molar-refractivity contribution in [3.63, 3.8) is 0 Å². The van der Waals surface area contributed by atoms with E-state index < -0.39 is 9.84 Å². The number of anilines is 1. The minimum absolute atomic E-state index is 0.239. The van der Waals surface area contributed by atoms with Crippen molar-refractivity contribution in [1.29, 1.82) is 0 Å². The van der Waals surface area contributed by atoms with Gasteiger partial charge in [-0.2, -0.15) is 0 Å². The van der Waals surface area contributed by atoms with Gasteiger partial charge in [0.15, 0.2) is 9.84 Å². The van der Waals surface area contributed by atoms with Gasteiger partial charge in [-0.05, 0) is 11.6 Å². The van der Waals surface area contributed by atoms with E-state index in [1.807, 2.05) is 12.1 Å². The molecule has 100 valence electrons. The first-order chi connectivity index (χ1) is 8.50. The fraction of sp³-hybridized carbons (Fsp3) is 0.500. The molecule has 0 atom stereocenters. The van der Waals surface area contributed by atoms with Crippen LogP contribution in [-0.2, 0) is 16.4 Å². The van der Waals surface area contributed by atoms with Crippen LogP contribution >= 0.6 is 0 Å². The molecule has 0 unspecified atom stereocenters. The van der Waals surface area contributed by atoms with Gasteiger partial charge >= 0.3 is 0 Å². The number of sulfone groups is 1. The Bertz CT molecular complexity index is 514. The molecule has 0 aliphatic carbocycles. The summed E-state index contributed by atoms with van der Waals surface area (Å²) in [5.74, 6) is 1.21. The summed E-state index contributed by atoms with van der Waals surface area (Å²) in [5.41, 5.74) is 7.63. The van der Waals surface area contributed by atoms with E-state index in [2.05, 4.69) is 4.90 Å². The van der Waals surface area contributed by atoms with Gasteiger partial charge in [0.25, 0.3) is 0 Å². The zero-order chi connectivity index (χ0) is 13.2. The molecule has 6 heteroatoms. The molecule has 1 aromatic rings. The molecule has 0 saturated carbocycles. The van der Waals surface area contributed by atoms with Crippen molar-refractivity contribution in [2.45, 2.75) is 6.54 Å². The molecule has 2 N–H and O–H groups in total. The highest BCUT2D eigenvalue weighted by Crippen LogP contribution is 2.21. The van der Waals surface area contributed by atoms with Crippen molar-refractivity contribution in [2.75, 3.05) is 37.4 Å². The molecular weight excluding hydrogens is 252 g/mol. The van der Waals surface area contributed by atoms with Gasteiger partial charge in [-0.25, -0.2) is 8.42 Å². The van der Waals surface area contributed by atoms with Gasteiger partial charge in [-0.3, -0.25) is 4.90 Å². The van der Waals surface area contributed by atoms with E-state index in [0.29, 0.717) is 25.3 Å². The molecule has 1 fully saturated rings. The Morgan fingerprint density at radius 3 is 2.56 bits per heavy atom. The Balaban J connectivity index is 2.02. The Morgan fingerprint density at radius 2 is 2.00 bits per heavy atom. The van der Waals surface area contributed by atoms with Crippen LogP contribution in [-0.4, -0.2) is 45.0 Å². The molecule has 0 spiro atoms. The van der Waals surface area contributed by atoms with Crippen LogP contribution in [0, 0.1) is 0 Å². The quantitative estimate of drug-likeness (QED) is 0.810. The van der Waals surface area contributed by atoms with Crippen LogP contribution in [0.25, 0.3) is 0 Å². The van der Waals surface area contributed by atoms with Gasteiger partial charge < -0.3 is 10.5 Å². The van der Waals surface area contributed by atoms with Gasteiger partial charge in [0, 0.05) is 31.4 Å². The second-order valence-corrected chi connectivity index (χ2v) is 6.80. The standard InChI is InChI=1S/C12H18N2O3S/c1-17-11-3-2-10(12(13)8-11)9-14-4-6-18(15,16)7-5-14/h2-3,8H,4-7,9,13H2,1H3. The lowest BCUT2D eigenvalue weighted by Gasteiger charge is -2.27. The Labute approximate surface area is 107 Å². The average Bonchev–Trinajstić information content (AvgIpc) is 2.34. The monoisotopic (exact) mass is 270 g/mol. The van der Waals surface area contributed by atoms with Crippen LogP contribution in [0.2, 0.25) is 0 Å². The van der Waals surface area contributed by atoms with E-state index in [9.17, 15) is 8.42 Å². The zero-order valence-corrected chi connectivity index (χ0v) is 11.2. The molecular formula is C12H18N2O3S. The minimum Gasteiger partial charge on any atom is -0.497 e. The number of benzene rings is 1. The highest BCUT2D eigenvalue weighted by Gasteiger charge is 2.21. The molecule has 18 heavy (non-hydrogen) atoms. The van der Waals surface area contributed by atoms with Crippen LogP contribution < -0.4 is 10.5 Å². The second kappa shape index (κ2) is 5.16. The maximum absolute atomic E-state index is 11.3.